The van der Waals surface area contributed by atoms with E-state index in [0.29, 0.717) is 37.6 Å². The van der Waals surface area contributed by atoms with Crippen molar-refractivity contribution in [1.29, 1.82) is 0 Å². The van der Waals surface area contributed by atoms with E-state index in [1.807, 2.05) is 13.8 Å². The lowest BCUT2D eigenvalue weighted by Crippen LogP contribution is -2.59. The average Bonchev–Trinajstić information content (AvgIpc) is 3.34. The Hall–Kier alpha value is -2.73. The third kappa shape index (κ3) is 6.43. The van der Waals surface area contributed by atoms with Gasteiger partial charge in [-0.05, 0) is 93.9 Å². The van der Waals surface area contributed by atoms with Crippen LogP contribution in [0.2, 0.25) is 0 Å². The molecule has 2 aliphatic rings. The van der Waals surface area contributed by atoms with Gasteiger partial charge in [-0.1, -0.05) is 18.2 Å². The first-order chi connectivity index (χ1) is 18.9. The first-order valence-electron chi connectivity index (χ1n) is 13.4. The van der Waals surface area contributed by atoms with Gasteiger partial charge in [0.25, 0.3) is 0 Å². The zero-order valence-electron chi connectivity index (χ0n) is 22.7. The molecule has 214 valence electrons. The molecule has 2 fully saturated rings. The van der Waals surface area contributed by atoms with Crippen LogP contribution in [0.4, 0.5) is 13.9 Å². The van der Waals surface area contributed by atoms with E-state index < -0.39 is 21.4 Å². The minimum Gasteiger partial charge on any atom is -0.301 e. The third-order valence-corrected chi connectivity index (χ3v) is 11.1. The molecule has 0 unspecified atom stereocenters. The number of amides is 1. The van der Waals surface area contributed by atoms with Crippen molar-refractivity contribution in [2.45, 2.75) is 56.4 Å². The molecule has 2 aromatic carbocycles. The Bertz CT molecular complexity index is 1470. The van der Waals surface area contributed by atoms with Crippen LogP contribution in [-0.2, 0) is 21.2 Å². The number of carbonyl (C=O) groups excluding carboxylic acids is 1. The maximum absolute atomic E-state index is 13.9. The van der Waals surface area contributed by atoms with E-state index >= 15 is 0 Å². The molecular weight excluding hydrogens is 554 g/mol. The molecular formula is C29H34F2N4O3S2. The second kappa shape index (κ2) is 11.3. The summed E-state index contributed by atoms with van der Waals surface area (Å²) in [5.74, 6) is -0.985. The largest absolute Gasteiger partial charge is 0.301 e. The van der Waals surface area contributed by atoms with Gasteiger partial charge in [-0.25, -0.2) is 22.2 Å². The Morgan fingerprint density at radius 1 is 1.02 bits per heavy atom. The molecule has 1 N–H and O–H groups in total. The summed E-state index contributed by atoms with van der Waals surface area (Å²) in [4.78, 5) is 20.1. The number of likely N-dealkylation sites (tertiary alicyclic amines) is 1. The Morgan fingerprint density at radius 3 is 2.45 bits per heavy atom. The van der Waals surface area contributed by atoms with Crippen LogP contribution in [0.3, 0.4) is 0 Å². The van der Waals surface area contributed by atoms with Crippen LogP contribution in [0.1, 0.15) is 50.0 Å². The summed E-state index contributed by atoms with van der Waals surface area (Å²) < 4.78 is 55.7. The van der Waals surface area contributed by atoms with E-state index in [0.717, 1.165) is 35.8 Å². The lowest BCUT2D eigenvalue weighted by molar-refractivity contribution is -0.118. The molecule has 40 heavy (non-hydrogen) atoms. The van der Waals surface area contributed by atoms with Crippen LogP contribution in [0.15, 0.2) is 59.6 Å². The van der Waals surface area contributed by atoms with Gasteiger partial charge in [0, 0.05) is 29.6 Å². The van der Waals surface area contributed by atoms with Gasteiger partial charge < -0.3 is 5.32 Å². The number of halogens is 2. The monoisotopic (exact) mass is 588 g/mol. The van der Waals surface area contributed by atoms with Gasteiger partial charge in [0.15, 0.2) is 5.13 Å². The fourth-order valence-corrected chi connectivity index (χ4v) is 8.48. The lowest BCUT2D eigenvalue weighted by atomic mass is 9.69. The van der Waals surface area contributed by atoms with E-state index in [-0.39, 0.29) is 28.6 Å². The summed E-state index contributed by atoms with van der Waals surface area (Å²) >= 11 is 1.40. The highest BCUT2D eigenvalue weighted by molar-refractivity contribution is 7.89. The van der Waals surface area contributed by atoms with E-state index in [2.05, 4.69) is 15.2 Å². The fraction of sp³-hybridized carbons (Fsp3) is 0.448. The van der Waals surface area contributed by atoms with Crippen molar-refractivity contribution in [2.75, 3.05) is 31.5 Å². The summed E-state index contributed by atoms with van der Waals surface area (Å²) in [6, 6.07) is 11.5. The second-order valence-electron chi connectivity index (χ2n) is 11.5. The molecule has 1 spiro atoms. The number of aromatic nitrogens is 1. The maximum atomic E-state index is 13.9. The van der Waals surface area contributed by atoms with Crippen LogP contribution in [-0.4, -0.2) is 60.2 Å². The number of hydrogen-bond donors (Lipinski definition) is 1. The van der Waals surface area contributed by atoms with Gasteiger partial charge >= 0.3 is 0 Å². The minimum absolute atomic E-state index is 0.0188. The predicted octanol–water partition coefficient (Wildman–Crippen LogP) is 5.30. The van der Waals surface area contributed by atoms with Crippen LogP contribution in [0.5, 0.6) is 0 Å². The SMILES string of the molecule is CC1(C)CCC2(CCN(CC(=O)Nc3ncc(Cc4ccc(F)cc4)s3)CC2)CN1S(=O)(=O)c1cccc(F)c1. The minimum atomic E-state index is -3.86. The average molecular weight is 589 g/mol. The molecule has 0 radical (unpaired) electrons. The molecule has 3 heterocycles. The molecule has 0 saturated carbocycles. The molecule has 0 aliphatic carbocycles. The molecule has 11 heteroatoms. The Labute approximate surface area is 238 Å². The van der Waals surface area contributed by atoms with Gasteiger partial charge in [-0.15, -0.1) is 11.3 Å². The van der Waals surface area contributed by atoms with Crippen LogP contribution < -0.4 is 5.32 Å². The van der Waals surface area contributed by atoms with Crippen molar-refractivity contribution < 1.29 is 22.0 Å². The number of nitrogens with zero attached hydrogens (tertiary/aromatic N) is 3. The standard InChI is InChI=1S/C29H34F2N4O3S2/c1-28(2)10-11-29(20-35(28)40(37,38)25-5-3-4-23(31)17-25)12-14-34(15-13-29)19-26(36)33-27-32-18-24(39-27)16-21-6-8-22(30)9-7-21/h3-9,17-18H,10-16,19-20H2,1-2H3,(H,32,33,36). The molecule has 7 nitrogen and oxygen atoms in total. The predicted molar refractivity (Wildman–Crippen MR) is 152 cm³/mol. The summed E-state index contributed by atoms with van der Waals surface area (Å²) in [6.07, 6.45) is 5.53. The highest BCUT2D eigenvalue weighted by atomic mass is 32.2. The van der Waals surface area contributed by atoms with E-state index in [9.17, 15) is 22.0 Å². The third-order valence-electron chi connectivity index (χ3n) is 8.18. The summed E-state index contributed by atoms with van der Waals surface area (Å²) in [7, 11) is -3.86. The zero-order chi connectivity index (χ0) is 28.5. The van der Waals surface area contributed by atoms with Crippen molar-refractivity contribution in [3.05, 3.63) is 76.8 Å². The van der Waals surface area contributed by atoms with Crippen molar-refractivity contribution in [2.24, 2.45) is 5.41 Å². The van der Waals surface area contributed by atoms with Gasteiger partial charge in [0.2, 0.25) is 15.9 Å². The highest BCUT2D eigenvalue weighted by Crippen LogP contribution is 2.46. The van der Waals surface area contributed by atoms with E-state index in [4.69, 9.17) is 0 Å². The van der Waals surface area contributed by atoms with Crippen LogP contribution in [0.25, 0.3) is 0 Å². The molecule has 2 aliphatic heterocycles. The molecule has 2 saturated heterocycles. The normalized spacial score (nSPS) is 19.5. The second-order valence-corrected chi connectivity index (χ2v) is 14.5. The number of nitrogens with one attached hydrogen (secondary N) is 1. The van der Waals surface area contributed by atoms with Crippen molar-refractivity contribution >= 4 is 32.4 Å². The Morgan fingerprint density at radius 2 is 1.75 bits per heavy atom. The number of piperidine rings is 2. The number of anilines is 1. The maximum Gasteiger partial charge on any atom is 0.243 e. The van der Waals surface area contributed by atoms with E-state index in [1.165, 1.54) is 41.7 Å². The Kier molecular flexibility index (Phi) is 8.11. The fourth-order valence-electron chi connectivity index (χ4n) is 5.66. The number of hydrogen-bond acceptors (Lipinski definition) is 6. The summed E-state index contributed by atoms with van der Waals surface area (Å²) in [5.41, 5.74) is 0.225. The molecule has 5 rings (SSSR count). The number of carbonyl (C=O) groups is 1. The first kappa shape index (κ1) is 28.8. The number of sulfonamides is 1. The molecule has 0 atom stereocenters. The number of benzene rings is 2. The lowest BCUT2D eigenvalue weighted by Gasteiger charge is -2.53. The quantitative estimate of drug-likeness (QED) is 0.405. The van der Waals surface area contributed by atoms with Crippen molar-refractivity contribution in [1.82, 2.24) is 14.2 Å². The van der Waals surface area contributed by atoms with Gasteiger partial charge in [-0.2, -0.15) is 4.31 Å². The Balaban J connectivity index is 1.16. The molecule has 1 aromatic heterocycles. The number of rotatable bonds is 7. The van der Waals surface area contributed by atoms with Crippen LogP contribution in [0, 0.1) is 17.0 Å². The summed E-state index contributed by atoms with van der Waals surface area (Å²) in [6.45, 7) is 5.86. The topological polar surface area (TPSA) is 82.6 Å². The molecule has 3 aromatic rings. The molecule has 0 bridgehead atoms. The van der Waals surface area contributed by atoms with Crippen molar-refractivity contribution in [3.8, 4) is 0 Å². The first-order valence-corrected chi connectivity index (χ1v) is 15.7. The highest BCUT2D eigenvalue weighted by Gasteiger charge is 2.49. The van der Waals surface area contributed by atoms with Crippen molar-refractivity contribution in [3.63, 3.8) is 0 Å². The zero-order valence-corrected chi connectivity index (χ0v) is 24.3. The molecule has 1 amide bonds. The van der Waals surface area contributed by atoms with Crippen LogP contribution >= 0.6 is 11.3 Å². The summed E-state index contributed by atoms with van der Waals surface area (Å²) in [5, 5.41) is 3.42. The smallest absolute Gasteiger partial charge is 0.243 e. The van der Waals surface area contributed by atoms with Gasteiger partial charge in [0.05, 0.1) is 11.4 Å². The van der Waals surface area contributed by atoms with E-state index in [1.54, 1.807) is 22.6 Å². The van der Waals surface area contributed by atoms with Gasteiger partial charge in [0.1, 0.15) is 11.6 Å². The number of thiazole rings is 1. The van der Waals surface area contributed by atoms with Gasteiger partial charge in [-0.3, -0.25) is 9.69 Å².